The number of nitrogens with zero attached hydrogens (tertiary/aromatic N) is 1. The highest BCUT2D eigenvalue weighted by molar-refractivity contribution is 7.45. The van der Waals surface area contributed by atoms with E-state index in [-0.39, 0.29) is 32.0 Å². The number of unbranched alkanes of at least 4 members (excludes halogenated alkanes) is 27. The molecule has 0 N–H and O–H groups in total. The Morgan fingerprint density at radius 1 is 0.536 bits per heavy atom. The molecule has 0 amide bonds. The summed E-state index contributed by atoms with van der Waals surface area (Å²) in [4.78, 5) is 37.5. The van der Waals surface area contributed by atoms with E-state index in [4.69, 9.17) is 18.5 Å². The van der Waals surface area contributed by atoms with Crippen LogP contribution < -0.4 is 4.89 Å². The Bertz CT molecular complexity index is 969. The standard InChI is InChI=1S/C46H90NO8P/c1-6-8-10-12-14-16-18-19-20-21-22-23-24-25-26-27-29-31-33-35-37-39-46(49)55-44(43-54-56(50,51)53-41-40-47(3,4)5)42-52-45(48)38-36-34-32-30-28-17-15-13-11-9-7-2/h21-22,44H,6-20,23-43H2,1-5H3/b22-21-. The molecule has 0 aromatic carbocycles. The quantitative estimate of drug-likeness (QED) is 0.0197. The monoisotopic (exact) mass is 816 g/mol. The van der Waals surface area contributed by atoms with E-state index in [1.54, 1.807) is 0 Å². The maximum atomic E-state index is 12.7. The zero-order chi connectivity index (χ0) is 41.4. The molecule has 0 radical (unpaired) electrons. The van der Waals surface area contributed by atoms with Gasteiger partial charge in [0.2, 0.25) is 0 Å². The smallest absolute Gasteiger partial charge is 0.306 e. The van der Waals surface area contributed by atoms with Crippen molar-refractivity contribution in [2.24, 2.45) is 0 Å². The van der Waals surface area contributed by atoms with Gasteiger partial charge in [-0.2, -0.15) is 0 Å². The second-order valence-electron chi connectivity index (χ2n) is 17.1. The minimum atomic E-state index is -4.62. The van der Waals surface area contributed by atoms with Crippen molar-refractivity contribution < 1.29 is 42.1 Å². The number of rotatable bonds is 43. The van der Waals surface area contributed by atoms with E-state index in [0.717, 1.165) is 38.5 Å². The molecule has 0 saturated heterocycles. The Labute approximate surface area is 346 Å². The normalized spacial score (nSPS) is 13.6. The first-order valence-corrected chi connectivity index (χ1v) is 24.9. The zero-order valence-electron chi connectivity index (χ0n) is 37.3. The van der Waals surface area contributed by atoms with Crippen LogP contribution >= 0.6 is 7.82 Å². The lowest BCUT2D eigenvalue weighted by molar-refractivity contribution is -0.870. The molecule has 0 aliphatic carbocycles. The largest absolute Gasteiger partial charge is 0.756 e. The molecular formula is C46H90NO8P. The molecule has 0 aliphatic rings. The zero-order valence-corrected chi connectivity index (χ0v) is 38.2. The van der Waals surface area contributed by atoms with Crippen molar-refractivity contribution in [3.63, 3.8) is 0 Å². The molecule has 0 bridgehead atoms. The summed E-state index contributed by atoms with van der Waals surface area (Å²) in [7, 11) is 1.17. The fraction of sp³-hybridized carbons (Fsp3) is 0.913. The Balaban J connectivity index is 4.23. The van der Waals surface area contributed by atoms with Gasteiger partial charge in [0.1, 0.15) is 19.8 Å². The van der Waals surface area contributed by atoms with Crippen molar-refractivity contribution in [2.45, 2.75) is 225 Å². The Kier molecular flexibility index (Phi) is 38.3. The van der Waals surface area contributed by atoms with Crippen LogP contribution in [0.4, 0.5) is 0 Å². The number of likely N-dealkylation sites (N-methyl/N-ethyl adjacent to an activating group) is 1. The molecule has 0 aromatic rings. The highest BCUT2D eigenvalue weighted by atomic mass is 31.2. The molecule has 0 fully saturated rings. The van der Waals surface area contributed by atoms with Gasteiger partial charge in [-0.3, -0.25) is 14.2 Å². The lowest BCUT2D eigenvalue weighted by atomic mass is 10.1. The van der Waals surface area contributed by atoms with Crippen LogP contribution in [-0.2, 0) is 32.7 Å². The summed E-state index contributed by atoms with van der Waals surface area (Å²) < 4.78 is 33.9. The predicted molar refractivity (Wildman–Crippen MR) is 231 cm³/mol. The summed E-state index contributed by atoms with van der Waals surface area (Å²) in [6, 6.07) is 0. The van der Waals surface area contributed by atoms with Crippen LogP contribution in [0.5, 0.6) is 0 Å². The summed E-state index contributed by atoms with van der Waals surface area (Å²) in [5, 5.41) is 0. The first-order chi connectivity index (χ1) is 27.0. The molecule has 2 atom stereocenters. The van der Waals surface area contributed by atoms with Gasteiger partial charge in [-0.05, 0) is 38.5 Å². The van der Waals surface area contributed by atoms with Crippen molar-refractivity contribution in [1.82, 2.24) is 0 Å². The topological polar surface area (TPSA) is 111 Å². The van der Waals surface area contributed by atoms with Gasteiger partial charge < -0.3 is 27.9 Å². The average Bonchev–Trinajstić information content (AvgIpc) is 3.15. The van der Waals surface area contributed by atoms with Crippen molar-refractivity contribution in [1.29, 1.82) is 0 Å². The number of quaternary nitrogens is 1. The lowest BCUT2D eigenvalue weighted by Crippen LogP contribution is -2.37. The predicted octanol–water partition coefficient (Wildman–Crippen LogP) is 12.7. The second kappa shape index (κ2) is 39.2. The molecule has 0 spiro atoms. The minimum Gasteiger partial charge on any atom is -0.756 e. The van der Waals surface area contributed by atoms with Crippen LogP contribution in [0, 0.1) is 0 Å². The maximum absolute atomic E-state index is 12.7. The van der Waals surface area contributed by atoms with Gasteiger partial charge >= 0.3 is 11.9 Å². The Morgan fingerprint density at radius 2 is 0.911 bits per heavy atom. The summed E-state index contributed by atoms with van der Waals surface area (Å²) in [6.45, 7) is 4.24. The molecule has 0 saturated carbocycles. The van der Waals surface area contributed by atoms with Gasteiger partial charge in [0.15, 0.2) is 6.10 Å². The number of carbonyl (C=O) groups is 2. The highest BCUT2D eigenvalue weighted by Crippen LogP contribution is 2.38. The number of carbonyl (C=O) groups excluding carboxylic acids is 2. The molecule has 0 aliphatic heterocycles. The Hall–Kier alpha value is -1.25. The first-order valence-electron chi connectivity index (χ1n) is 23.4. The second-order valence-corrected chi connectivity index (χ2v) is 18.5. The van der Waals surface area contributed by atoms with Crippen molar-refractivity contribution in [3.8, 4) is 0 Å². The first kappa shape index (κ1) is 54.8. The van der Waals surface area contributed by atoms with E-state index in [2.05, 4.69) is 26.0 Å². The number of hydrogen-bond acceptors (Lipinski definition) is 8. The third kappa shape index (κ3) is 42.4. The van der Waals surface area contributed by atoms with Crippen molar-refractivity contribution in [3.05, 3.63) is 12.2 Å². The average molecular weight is 816 g/mol. The van der Waals surface area contributed by atoms with Crippen molar-refractivity contribution >= 4 is 19.8 Å². The van der Waals surface area contributed by atoms with Gasteiger partial charge in [0.25, 0.3) is 7.82 Å². The molecule has 0 aromatic heterocycles. The van der Waals surface area contributed by atoms with Crippen LogP contribution in [0.25, 0.3) is 0 Å². The number of allylic oxidation sites excluding steroid dienone is 2. The molecular weight excluding hydrogens is 725 g/mol. The molecule has 0 rings (SSSR count). The lowest BCUT2D eigenvalue weighted by Gasteiger charge is -2.28. The molecule has 0 heterocycles. The SMILES string of the molecule is CCCCCCCCCC/C=C\CCCCCCCCCCCC(=O)OC(COC(=O)CCCCCCCCCCCCC)COP(=O)([O-])OCC[N+](C)(C)C. The van der Waals surface area contributed by atoms with Crippen LogP contribution in [0.15, 0.2) is 12.2 Å². The van der Waals surface area contributed by atoms with Crippen molar-refractivity contribution in [2.75, 3.05) is 47.5 Å². The molecule has 10 heteroatoms. The van der Waals surface area contributed by atoms with Gasteiger partial charge in [-0.15, -0.1) is 0 Å². The number of phosphoric acid groups is 1. The third-order valence-corrected chi connectivity index (χ3v) is 11.2. The fourth-order valence-corrected chi connectivity index (χ4v) is 7.32. The summed E-state index contributed by atoms with van der Waals surface area (Å²) in [6.07, 6.45) is 41.0. The van der Waals surface area contributed by atoms with E-state index >= 15 is 0 Å². The van der Waals surface area contributed by atoms with E-state index in [1.165, 1.54) is 148 Å². The van der Waals surface area contributed by atoms with Crippen LogP contribution in [0.2, 0.25) is 0 Å². The molecule has 332 valence electrons. The van der Waals surface area contributed by atoms with E-state index in [9.17, 15) is 19.0 Å². The summed E-state index contributed by atoms with van der Waals surface area (Å²) >= 11 is 0. The van der Waals surface area contributed by atoms with Gasteiger partial charge in [-0.25, -0.2) is 0 Å². The molecule has 9 nitrogen and oxygen atoms in total. The Morgan fingerprint density at radius 3 is 1.32 bits per heavy atom. The number of hydrogen-bond donors (Lipinski definition) is 0. The number of esters is 2. The van der Waals surface area contributed by atoms with Crippen LogP contribution in [0.1, 0.15) is 219 Å². The van der Waals surface area contributed by atoms with Crippen LogP contribution in [-0.4, -0.2) is 70.0 Å². The summed E-state index contributed by atoms with van der Waals surface area (Å²) in [5.74, 6) is -0.828. The minimum absolute atomic E-state index is 0.0280. The van der Waals surface area contributed by atoms with Crippen LogP contribution in [0.3, 0.4) is 0 Å². The van der Waals surface area contributed by atoms with Gasteiger partial charge in [-0.1, -0.05) is 180 Å². The number of ether oxygens (including phenoxy) is 2. The van der Waals surface area contributed by atoms with Gasteiger partial charge in [0, 0.05) is 12.8 Å². The van der Waals surface area contributed by atoms with E-state index < -0.39 is 26.5 Å². The summed E-state index contributed by atoms with van der Waals surface area (Å²) in [5.41, 5.74) is 0. The fourth-order valence-electron chi connectivity index (χ4n) is 6.59. The third-order valence-electron chi connectivity index (χ3n) is 10.3. The van der Waals surface area contributed by atoms with Gasteiger partial charge in [0.05, 0.1) is 27.7 Å². The highest BCUT2D eigenvalue weighted by Gasteiger charge is 2.21. The van der Waals surface area contributed by atoms with E-state index in [1.807, 2.05) is 21.1 Å². The molecule has 2 unspecified atom stereocenters. The molecule has 56 heavy (non-hydrogen) atoms. The maximum Gasteiger partial charge on any atom is 0.306 e. The van der Waals surface area contributed by atoms with E-state index in [0.29, 0.717) is 17.4 Å². The number of phosphoric ester groups is 1.